The van der Waals surface area contributed by atoms with Crippen molar-refractivity contribution in [1.29, 1.82) is 0 Å². The molecule has 1 amide bonds. The summed E-state index contributed by atoms with van der Waals surface area (Å²) in [7, 11) is 0. The summed E-state index contributed by atoms with van der Waals surface area (Å²) in [6.45, 7) is 0.822. The summed E-state index contributed by atoms with van der Waals surface area (Å²) in [6, 6.07) is 8.04. The Morgan fingerprint density at radius 2 is 2.31 bits per heavy atom. The lowest BCUT2D eigenvalue weighted by Gasteiger charge is -2.05. The second kappa shape index (κ2) is 3.09. The molecule has 0 radical (unpaired) electrons. The first-order chi connectivity index (χ1) is 6.27. The summed E-state index contributed by atoms with van der Waals surface area (Å²) >= 11 is 0. The zero-order valence-electron chi connectivity index (χ0n) is 7.29. The van der Waals surface area contributed by atoms with E-state index in [4.69, 9.17) is 5.73 Å². The molecular weight excluding hydrogens is 164 g/mol. The predicted octanol–water partition coefficient (Wildman–Crippen LogP) is 1.07. The average molecular weight is 176 g/mol. The molecule has 3 nitrogen and oxygen atoms in total. The van der Waals surface area contributed by atoms with Crippen molar-refractivity contribution in [2.75, 3.05) is 11.9 Å². The zero-order valence-corrected chi connectivity index (χ0v) is 7.29. The molecule has 3 N–H and O–H groups in total. The van der Waals surface area contributed by atoms with E-state index in [0.29, 0.717) is 6.42 Å². The normalized spacial score (nSPS) is 19.2. The SMILES string of the molecule is NC(=O)CC1CNc2ccccc21. The van der Waals surface area contributed by atoms with Crippen molar-refractivity contribution in [3.8, 4) is 0 Å². The van der Waals surface area contributed by atoms with Crippen LogP contribution in [0, 0.1) is 0 Å². The third kappa shape index (κ3) is 1.49. The number of rotatable bonds is 2. The van der Waals surface area contributed by atoms with Crippen molar-refractivity contribution < 1.29 is 4.79 Å². The molecule has 13 heavy (non-hydrogen) atoms. The minimum atomic E-state index is -0.233. The monoisotopic (exact) mass is 176 g/mol. The van der Waals surface area contributed by atoms with Gasteiger partial charge in [-0.1, -0.05) is 18.2 Å². The Morgan fingerprint density at radius 1 is 1.54 bits per heavy atom. The number of hydrogen-bond donors (Lipinski definition) is 2. The fraction of sp³-hybridized carbons (Fsp3) is 0.300. The van der Waals surface area contributed by atoms with Gasteiger partial charge in [0.15, 0.2) is 0 Å². The summed E-state index contributed by atoms with van der Waals surface area (Å²) in [5.41, 5.74) is 7.51. The zero-order chi connectivity index (χ0) is 9.26. The van der Waals surface area contributed by atoms with Gasteiger partial charge in [0.05, 0.1) is 0 Å². The summed E-state index contributed by atoms with van der Waals surface area (Å²) < 4.78 is 0. The van der Waals surface area contributed by atoms with E-state index in [9.17, 15) is 4.79 Å². The highest BCUT2D eigenvalue weighted by Gasteiger charge is 2.22. The number of fused-ring (bicyclic) bond motifs is 1. The van der Waals surface area contributed by atoms with E-state index in [1.54, 1.807) is 0 Å². The van der Waals surface area contributed by atoms with E-state index in [1.807, 2.05) is 24.3 Å². The Morgan fingerprint density at radius 3 is 3.08 bits per heavy atom. The van der Waals surface area contributed by atoms with Gasteiger partial charge in [-0.2, -0.15) is 0 Å². The van der Waals surface area contributed by atoms with E-state index < -0.39 is 0 Å². The minimum Gasteiger partial charge on any atom is -0.384 e. The summed E-state index contributed by atoms with van der Waals surface area (Å²) in [6.07, 6.45) is 0.435. The molecule has 0 aromatic heterocycles. The van der Waals surface area contributed by atoms with Gasteiger partial charge in [0.2, 0.25) is 5.91 Å². The third-order valence-corrected chi connectivity index (χ3v) is 2.39. The molecule has 2 rings (SSSR count). The van der Waals surface area contributed by atoms with Gasteiger partial charge in [-0.15, -0.1) is 0 Å². The van der Waals surface area contributed by atoms with Crippen molar-refractivity contribution in [3.63, 3.8) is 0 Å². The predicted molar refractivity (Wildman–Crippen MR) is 51.5 cm³/mol. The van der Waals surface area contributed by atoms with Crippen LogP contribution in [0.4, 0.5) is 5.69 Å². The van der Waals surface area contributed by atoms with Gasteiger partial charge >= 0.3 is 0 Å². The average Bonchev–Trinajstić information content (AvgIpc) is 2.48. The molecule has 1 aliphatic heterocycles. The summed E-state index contributed by atoms with van der Waals surface area (Å²) in [5, 5.41) is 3.25. The second-order valence-electron chi connectivity index (χ2n) is 3.34. The number of carbonyl (C=O) groups excluding carboxylic acids is 1. The van der Waals surface area contributed by atoms with Crippen molar-refractivity contribution in [2.45, 2.75) is 12.3 Å². The number of primary amides is 1. The number of hydrogen-bond acceptors (Lipinski definition) is 2. The largest absolute Gasteiger partial charge is 0.384 e. The van der Waals surface area contributed by atoms with Gasteiger partial charge < -0.3 is 11.1 Å². The van der Waals surface area contributed by atoms with E-state index >= 15 is 0 Å². The van der Waals surface area contributed by atoms with Crippen LogP contribution in [0.2, 0.25) is 0 Å². The van der Waals surface area contributed by atoms with Crippen molar-refractivity contribution in [2.24, 2.45) is 5.73 Å². The Labute approximate surface area is 76.9 Å². The van der Waals surface area contributed by atoms with Crippen LogP contribution in [0.3, 0.4) is 0 Å². The van der Waals surface area contributed by atoms with Crippen LogP contribution in [0.1, 0.15) is 17.9 Å². The smallest absolute Gasteiger partial charge is 0.218 e. The number of nitrogens with one attached hydrogen (secondary N) is 1. The van der Waals surface area contributed by atoms with Gasteiger partial charge in [0.25, 0.3) is 0 Å². The lowest BCUT2D eigenvalue weighted by atomic mass is 9.98. The first-order valence-corrected chi connectivity index (χ1v) is 4.38. The highest BCUT2D eigenvalue weighted by Crippen LogP contribution is 2.32. The molecule has 1 aromatic rings. The molecule has 1 aliphatic rings. The topological polar surface area (TPSA) is 55.1 Å². The molecule has 1 heterocycles. The third-order valence-electron chi connectivity index (χ3n) is 2.39. The van der Waals surface area contributed by atoms with Gasteiger partial charge in [-0.05, 0) is 11.6 Å². The van der Waals surface area contributed by atoms with Crippen molar-refractivity contribution >= 4 is 11.6 Å². The number of nitrogens with two attached hydrogens (primary N) is 1. The number of benzene rings is 1. The quantitative estimate of drug-likeness (QED) is 0.708. The molecule has 0 saturated heterocycles. The van der Waals surface area contributed by atoms with Crippen LogP contribution in [0.5, 0.6) is 0 Å². The first-order valence-electron chi connectivity index (χ1n) is 4.38. The minimum absolute atomic E-state index is 0.233. The number of anilines is 1. The molecule has 1 unspecified atom stereocenters. The van der Waals surface area contributed by atoms with Crippen LogP contribution < -0.4 is 11.1 Å². The standard InChI is InChI=1S/C10H12N2O/c11-10(13)5-7-6-12-9-4-2-1-3-8(7)9/h1-4,7,12H,5-6H2,(H2,11,13). The second-order valence-corrected chi connectivity index (χ2v) is 3.34. The van der Waals surface area contributed by atoms with Crippen LogP contribution in [0.25, 0.3) is 0 Å². The molecule has 1 aromatic carbocycles. The van der Waals surface area contributed by atoms with Gasteiger partial charge in [-0.25, -0.2) is 0 Å². The maximum Gasteiger partial charge on any atom is 0.218 e. The molecule has 0 spiro atoms. The Hall–Kier alpha value is -1.51. The fourth-order valence-electron chi connectivity index (χ4n) is 1.78. The number of para-hydroxylation sites is 1. The van der Waals surface area contributed by atoms with Crippen LogP contribution in [0.15, 0.2) is 24.3 Å². The molecule has 3 heteroatoms. The Bertz CT molecular complexity index is 335. The van der Waals surface area contributed by atoms with Gasteiger partial charge in [0.1, 0.15) is 0 Å². The molecule has 68 valence electrons. The number of carbonyl (C=O) groups is 1. The molecule has 0 aliphatic carbocycles. The van der Waals surface area contributed by atoms with Gasteiger partial charge in [-0.3, -0.25) is 4.79 Å². The lowest BCUT2D eigenvalue weighted by Crippen LogP contribution is -2.16. The number of amides is 1. The lowest BCUT2D eigenvalue weighted by molar-refractivity contribution is -0.118. The molecule has 1 atom stereocenters. The molecule has 0 fully saturated rings. The van der Waals surface area contributed by atoms with E-state index in [-0.39, 0.29) is 11.8 Å². The first kappa shape index (κ1) is 8.10. The molecule has 0 saturated carbocycles. The van der Waals surface area contributed by atoms with Crippen molar-refractivity contribution in [3.05, 3.63) is 29.8 Å². The van der Waals surface area contributed by atoms with Crippen LogP contribution >= 0.6 is 0 Å². The Balaban J connectivity index is 2.23. The van der Waals surface area contributed by atoms with E-state index in [2.05, 4.69) is 5.32 Å². The van der Waals surface area contributed by atoms with Crippen molar-refractivity contribution in [1.82, 2.24) is 0 Å². The van der Waals surface area contributed by atoms with Gasteiger partial charge in [0, 0.05) is 24.6 Å². The van der Waals surface area contributed by atoms with Crippen LogP contribution in [-0.4, -0.2) is 12.5 Å². The Kier molecular flexibility index (Phi) is 1.93. The summed E-state index contributed by atoms with van der Waals surface area (Å²) in [4.78, 5) is 10.8. The van der Waals surface area contributed by atoms with Crippen LogP contribution in [-0.2, 0) is 4.79 Å². The highest BCUT2D eigenvalue weighted by atomic mass is 16.1. The van der Waals surface area contributed by atoms with E-state index in [0.717, 1.165) is 12.2 Å². The van der Waals surface area contributed by atoms with E-state index in [1.165, 1.54) is 5.56 Å². The maximum absolute atomic E-state index is 10.8. The fourth-order valence-corrected chi connectivity index (χ4v) is 1.78. The maximum atomic E-state index is 10.8. The molecular formula is C10H12N2O. The summed E-state index contributed by atoms with van der Waals surface area (Å²) in [5.74, 6) is 0.0252. The highest BCUT2D eigenvalue weighted by molar-refractivity contribution is 5.76. The molecule has 0 bridgehead atoms.